The second-order valence-electron chi connectivity index (χ2n) is 8.64. The number of unbranched alkanes of at least 4 members (excludes halogenated alkanes) is 1. The smallest absolute Gasteiger partial charge is 0.305 e. The summed E-state index contributed by atoms with van der Waals surface area (Å²) in [4.78, 5) is 24.7. The fourth-order valence-corrected chi connectivity index (χ4v) is 5.15. The van der Waals surface area contributed by atoms with E-state index >= 15 is 0 Å². The fourth-order valence-electron chi connectivity index (χ4n) is 3.15. The lowest BCUT2D eigenvalue weighted by Crippen LogP contribution is -2.24. The third kappa shape index (κ3) is 7.47. The summed E-state index contributed by atoms with van der Waals surface area (Å²) in [5.41, 5.74) is 0.0416. The number of hydrogen-bond donors (Lipinski definition) is 0. The summed E-state index contributed by atoms with van der Waals surface area (Å²) < 4.78 is 10.9. The Morgan fingerprint density at radius 1 is 1.31 bits per heavy atom. The van der Waals surface area contributed by atoms with Gasteiger partial charge < -0.3 is 9.16 Å². The molecule has 0 fully saturated rings. The van der Waals surface area contributed by atoms with Crippen molar-refractivity contribution in [1.82, 2.24) is 0 Å². The lowest BCUT2D eigenvalue weighted by molar-refractivity contribution is -0.141. The predicted molar refractivity (Wildman–Crippen MR) is 112 cm³/mol. The van der Waals surface area contributed by atoms with Crippen molar-refractivity contribution in [3.05, 3.63) is 10.7 Å². The summed E-state index contributed by atoms with van der Waals surface area (Å²) in [7, 11) is 0.188. The maximum absolute atomic E-state index is 12.6. The van der Waals surface area contributed by atoms with Crippen molar-refractivity contribution < 1.29 is 18.8 Å². The summed E-state index contributed by atoms with van der Waals surface area (Å²) in [6, 6.07) is 0. The molecule has 0 aromatic carbocycles. The largest absolute Gasteiger partial charge is 0.549 e. The van der Waals surface area contributed by atoms with E-state index in [2.05, 4.69) is 40.8 Å². The first-order valence-corrected chi connectivity index (χ1v) is 13.5. The second kappa shape index (κ2) is 10.5. The molecule has 0 aromatic rings. The van der Waals surface area contributed by atoms with Crippen LogP contribution >= 0.6 is 11.8 Å². The quantitative estimate of drug-likeness (QED) is 0.295. The van der Waals surface area contributed by atoms with Crippen molar-refractivity contribution in [2.24, 2.45) is 17.3 Å². The van der Waals surface area contributed by atoms with E-state index in [0.29, 0.717) is 18.8 Å². The van der Waals surface area contributed by atoms with Gasteiger partial charge in [0.25, 0.3) is 0 Å². The van der Waals surface area contributed by atoms with Gasteiger partial charge in [-0.2, -0.15) is 0 Å². The normalized spacial score (nSPS) is 19.2. The van der Waals surface area contributed by atoms with Crippen molar-refractivity contribution in [2.75, 3.05) is 12.9 Å². The van der Waals surface area contributed by atoms with E-state index in [1.165, 1.54) is 7.11 Å². The maximum Gasteiger partial charge on any atom is 0.305 e. The van der Waals surface area contributed by atoms with E-state index < -0.39 is 9.04 Å². The van der Waals surface area contributed by atoms with Crippen molar-refractivity contribution >= 4 is 32.6 Å². The second-order valence-corrected chi connectivity index (χ2v) is 12.1. The Bertz CT molecular complexity index is 522. The molecule has 6 heteroatoms. The highest BCUT2D eigenvalue weighted by Crippen LogP contribution is 2.45. The van der Waals surface area contributed by atoms with Gasteiger partial charge in [-0.05, 0) is 36.6 Å². The highest BCUT2D eigenvalue weighted by molar-refractivity contribution is 8.04. The first kappa shape index (κ1) is 23.3. The number of methoxy groups -OCH3 is 1. The number of carbonyl (C=O) groups is 2. The van der Waals surface area contributed by atoms with Crippen LogP contribution in [-0.2, 0) is 18.8 Å². The molecule has 0 spiro atoms. The number of thioether (sulfide) groups is 1. The molecule has 0 heterocycles. The van der Waals surface area contributed by atoms with E-state index in [-0.39, 0.29) is 23.1 Å². The number of allylic oxidation sites excluding steroid dienone is 2. The van der Waals surface area contributed by atoms with E-state index in [4.69, 9.17) is 9.16 Å². The number of ketones is 1. The van der Waals surface area contributed by atoms with Crippen LogP contribution in [0.2, 0.25) is 13.1 Å². The van der Waals surface area contributed by atoms with Crippen molar-refractivity contribution in [3.8, 4) is 0 Å². The molecular weight excluding hydrogens is 364 g/mol. The van der Waals surface area contributed by atoms with E-state index in [0.717, 1.165) is 35.7 Å². The molecule has 150 valence electrons. The first-order chi connectivity index (χ1) is 12.1. The molecule has 0 saturated carbocycles. The number of ether oxygens (including phenoxy) is 1. The maximum atomic E-state index is 12.6. The zero-order valence-corrected chi connectivity index (χ0v) is 19.5. The molecule has 2 atom stereocenters. The molecule has 0 aromatic heterocycles. The van der Waals surface area contributed by atoms with Crippen LogP contribution in [0.15, 0.2) is 10.7 Å². The lowest BCUT2D eigenvalue weighted by Gasteiger charge is -2.30. The number of hydrogen-bond acceptors (Lipinski definition) is 5. The molecule has 0 aliphatic heterocycles. The van der Waals surface area contributed by atoms with Crippen LogP contribution in [0.25, 0.3) is 0 Å². The van der Waals surface area contributed by atoms with Gasteiger partial charge in [-0.1, -0.05) is 40.5 Å². The number of carbonyl (C=O) groups excluding carboxylic acids is 2. The minimum Gasteiger partial charge on any atom is -0.549 e. The van der Waals surface area contributed by atoms with Crippen molar-refractivity contribution in [3.63, 3.8) is 0 Å². The Balaban J connectivity index is 2.56. The number of esters is 1. The SMILES string of the molecule is COC(=O)CC(C)CCCCSC1=C(O[SiH](C)C)C(C(C)(C)C)CC1=O. The Hall–Kier alpha value is -0.753. The third-order valence-corrected chi connectivity index (χ3v) is 6.61. The van der Waals surface area contributed by atoms with Gasteiger partial charge in [-0.25, -0.2) is 0 Å². The highest BCUT2D eigenvalue weighted by atomic mass is 32.2. The van der Waals surface area contributed by atoms with Crippen LogP contribution in [0, 0.1) is 17.3 Å². The number of Topliss-reactive ketones (excluding diaryl/α,β-unsaturated/α-hetero) is 1. The molecule has 0 radical (unpaired) electrons. The van der Waals surface area contributed by atoms with Crippen LogP contribution in [0.5, 0.6) is 0 Å². The lowest BCUT2D eigenvalue weighted by atomic mass is 9.79. The molecule has 0 bridgehead atoms. The van der Waals surface area contributed by atoms with Gasteiger partial charge in [-0.15, -0.1) is 11.8 Å². The molecule has 0 amide bonds. The van der Waals surface area contributed by atoms with Crippen LogP contribution in [0.4, 0.5) is 0 Å². The fraction of sp³-hybridized carbons (Fsp3) is 0.800. The zero-order chi connectivity index (χ0) is 19.9. The molecule has 0 N–H and O–H groups in total. The van der Waals surface area contributed by atoms with Gasteiger partial charge in [0.05, 0.1) is 12.0 Å². The number of rotatable bonds is 10. The predicted octanol–water partition coefficient (Wildman–Crippen LogP) is 4.94. The van der Waals surface area contributed by atoms with E-state index in [1.54, 1.807) is 11.8 Å². The van der Waals surface area contributed by atoms with Crippen molar-refractivity contribution in [1.29, 1.82) is 0 Å². The molecule has 26 heavy (non-hydrogen) atoms. The van der Waals surface area contributed by atoms with Crippen LogP contribution in [0.3, 0.4) is 0 Å². The Labute approximate surface area is 165 Å². The summed E-state index contributed by atoms with van der Waals surface area (Å²) >= 11 is 1.67. The van der Waals surface area contributed by atoms with E-state index in [1.807, 2.05) is 0 Å². The Morgan fingerprint density at radius 3 is 2.50 bits per heavy atom. The summed E-state index contributed by atoms with van der Waals surface area (Å²) in [6.45, 7) is 13.0. The van der Waals surface area contributed by atoms with Gasteiger partial charge >= 0.3 is 5.97 Å². The minimum absolute atomic E-state index is 0.0416. The summed E-state index contributed by atoms with van der Waals surface area (Å²) in [5.74, 6) is 2.55. The van der Waals surface area contributed by atoms with E-state index in [9.17, 15) is 9.59 Å². The Morgan fingerprint density at radius 2 is 1.96 bits per heavy atom. The van der Waals surface area contributed by atoms with Gasteiger partial charge in [0, 0.05) is 18.8 Å². The summed E-state index contributed by atoms with van der Waals surface area (Å²) in [6.07, 6.45) is 4.18. The topological polar surface area (TPSA) is 52.6 Å². The average Bonchev–Trinajstić information content (AvgIpc) is 2.82. The third-order valence-electron chi connectivity index (χ3n) is 4.67. The van der Waals surface area contributed by atoms with Gasteiger partial charge in [0.15, 0.2) is 5.78 Å². The molecule has 4 nitrogen and oxygen atoms in total. The first-order valence-electron chi connectivity index (χ1n) is 9.69. The minimum atomic E-state index is -1.25. The van der Waals surface area contributed by atoms with Crippen LogP contribution in [0.1, 0.15) is 59.8 Å². The van der Waals surface area contributed by atoms with Gasteiger partial charge in [-0.3, -0.25) is 9.59 Å². The molecular formula is C20H36O4SSi. The standard InChI is InChI=1S/C20H36O4SSi/c1-14(12-17(22)23-5)10-8-9-11-25-19-16(21)13-15(20(2,3)4)18(19)24-26(6)7/h14-15,26H,8-13H2,1-7H3. The van der Waals surface area contributed by atoms with Crippen molar-refractivity contribution in [2.45, 2.75) is 72.9 Å². The van der Waals surface area contributed by atoms with Crippen LogP contribution < -0.4 is 0 Å². The average molecular weight is 401 g/mol. The zero-order valence-electron chi connectivity index (χ0n) is 17.5. The molecule has 2 unspecified atom stereocenters. The summed E-state index contributed by atoms with van der Waals surface area (Å²) in [5, 5.41) is 0. The Kier molecular flexibility index (Phi) is 9.45. The molecule has 1 aliphatic rings. The monoisotopic (exact) mass is 400 g/mol. The van der Waals surface area contributed by atoms with Crippen LogP contribution in [-0.4, -0.2) is 33.7 Å². The molecule has 0 saturated heterocycles. The van der Waals surface area contributed by atoms with Gasteiger partial charge in [0.1, 0.15) is 5.76 Å². The highest BCUT2D eigenvalue weighted by Gasteiger charge is 2.40. The molecule has 1 aliphatic carbocycles. The van der Waals surface area contributed by atoms with Gasteiger partial charge in [0.2, 0.25) is 9.04 Å². The molecule has 1 rings (SSSR count).